The Morgan fingerprint density at radius 1 is 1.55 bits per heavy atom. The standard InChI is InChI=1S/C9H10N2/c10-8-5-7-3-1-2-4-9(7)11-6-8/h1-3,5-6,9H,4,10H2. The summed E-state index contributed by atoms with van der Waals surface area (Å²) >= 11 is 0. The minimum atomic E-state index is 0.326. The van der Waals surface area contributed by atoms with Gasteiger partial charge in [-0.25, -0.2) is 0 Å². The van der Waals surface area contributed by atoms with Gasteiger partial charge in [0.1, 0.15) is 0 Å². The molecule has 56 valence electrons. The summed E-state index contributed by atoms with van der Waals surface area (Å²) in [5.41, 5.74) is 7.57. The zero-order valence-corrected chi connectivity index (χ0v) is 6.20. The smallest absolute Gasteiger partial charge is 0.0785 e. The Hall–Kier alpha value is -1.31. The number of hydrogen-bond donors (Lipinski definition) is 1. The predicted molar refractivity (Wildman–Crippen MR) is 46.4 cm³/mol. The molecular formula is C9H10N2. The van der Waals surface area contributed by atoms with E-state index in [0.717, 1.165) is 12.1 Å². The van der Waals surface area contributed by atoms with Crippen molar-refractivity contribution < 1.29 is 0 Å². The van der Waals surface area contributed by atoms with Crippen LogP contribution in [0.5, 0.6) is 0 Å². The Bertz CT molecular complexity index is 282. The number of nitrogens with zero attached hydrogens (tertiary/aromatic N) is 1. The lowest BCUT2D eigenvalue weighted by molar-refractivity contribution is 0.790. The average molecular weight is 146 g/mol. The van der Waals surface area contributed by atoms with Crippen LogP contribution in [0.15, 0.2) is 40.6 Å². The van der Waals surface area contributed by atoms with Crippen molar-refractivity contribution in [2.45, 2.75) is 12.5 Å². The molecule has 2 aliphatic rings. The first-order chi connectivity index (χ1) is 5.36. The third-order valence-electron chi connectivity index (χ3n) is 1.91. The van der Waals surface area contributed by atoms with Gasteiger partial charge in [0, 0.05) is 11.9 Å². The van der Waals surface area contributed by atoms with E-state index in [9.17, 15) is 0 Å². The van der Waals surface area contributed by atoms with Gasteiger partial charge < -0.3 is 5.73 Å². The van der Waals surface area contributed by atoms with E-state index in [1.165, 1.54) is 5.57 Å². The third-order valence-corrected chi connectivity index (χ3v) is 1.91. The molecule has 0 radical (unpaired) electrons. The van der Waals surface area contributed by atoms with Gasteiger partial charge in [0.2, 0.25) is 0 Å². The van der Waals surface area contributed by atoms with Crippen LogP contribution in [0.3, 0.4) is 0 Å². The van der Waals surface area contributed by atoms with Crippen molar-refractivity contribution in [1.82, 2.24) is 0 Å². The van der Waals surface area contributed by atoms with Crippen LogP contribution in [0.2, 0.25) is 0 Å². The molecule has 2 rings (SSSR count). The van der Waals surface area contributed by atoms with Crippen molar-refractivity contribution in [3.05, 3.63) is 35.6 Å². The van der Waals surface area contributed by atoms with Crippen LogP contribution in [0.25, 0.3) is 0 Å². The summed E-state index contributed by atoms with van der Waals surface area (Å²) in [4.78, 5) is 4.29. The molecule has 0 amide bonds. The molecule has 0 aromatic heterocycles. The zero-order valence-electron chi connectivity index (χ0n) is 6.20. The molecule has 0 saturated heterocycles. The van der Waals surface area contributed by atoms with Crippen LogP contribution < -0.4 is 5.73 Å². The molecule has 1 heterocycles. The number of hydrogen-bond acceptors (Lipinski definition) is 2. The van der Waals surface area contributed by atoms with Gasteiger partial charge in [0.15, 0.2) is 0 Å². The van der Waals surface area contributed by atoms with Crippen LogP contribution in [-0.4, -0.2) is 12.3 Å². The van der Waals surface area contributed by atoms with E-state index in [0.29, 0.717) is 6.04 Å². The minimum Gasteiger partial charge on any atom is -0.397 e. The van der Waals surface area contributed by atoms with E-state index in [4.69, 9.17) is 5.73 Å². The maximum absolute atomic E-state index is 5.59. The molecule has 1 aliphatic carbocycles. The molecule has 0 bridgehead atoms. The zero-order chi connectivity index (χ0) is 7.68. The van der Waals surface area contributed by atoms with Crippen molar-refractivity contribution in [2.24, 2.45) is 10.7 Å². The fourth-order valence-corrected chi connectivity index (χ4v) is 1.33. The van der Waals surface area contributed by atoms with Crippen molar-refractivity contribution in [2.75, 3.05) is 0 Å². The van der Waals surface area contributed by atoms with Gasteiger partial charge in [0.25, 0.3) is 0 Å². The highest BCUT2D eigenvalue weighted by Gasteiger charge is 2.14. The number of aliphatic imine (C=N–C) groups is 1. The third kappa shape index (κ3) is 1.11. The summed E-state index contributed by atoms with van der Waals surface area (Å²) in [5, 5.41) is 0. The highest BCUT2D eigenvalue weighted by atomic mass is 14.8. The average Bonchev–Trinajstić information content (AvgIpc) is 2.04. The van der Waals surface area contributed by atoms with Crippen LogP contribution in [-0.2, 0) is 0 Å². The van der Waals surface area contributed by atoms with Gasteiger partial charge in [0.05, 0.1) is 6.04 Å². The van der Waals surface area contributed by atoms with E-state index in [-0.39, 0.29) is 0 Å². The lowest BCUT2D eigenvalue weighted by Gasteiger charge is -2.18. The normalized spacial score (nSPS) is 27.5. The molecular weight excluding hydrogens is 136 g/mol. The van der Waals surface area contributed by atoms with Gasteiger partial charge in [-0.3, -0.25) is 4.99 Å². The Morgan fingerprint density at radius 3 is 3.36 bits per heavy atom. The van der Waals surface area contributed by atoms with E-state index in [1.54, 1.807) is 6.21 Å². The monoisotopic (exact) mass is 146 g/mol. The highest BCUT2D eigenvalue weighted by molar-refractivity contribution is 5.80. The first-order valence-corrected chi connectivity index (χ1v) is 3.73. The van der Waals surface area contributed by atoms with E-state index in [2.05, 4.69) is 23.2 Å². The lowest BCUT2D eigenvalue weighted by atomic mass is 9.97. The highest BCUT2D eigenvalue weighted by Crippen LogP contribution is 2.20. The Morgan fingerprint density at radius 2 is 2.45 bits per heavy atom. The molecule has 1 unspecified atom stereocenters. The molecule has 11 heavy (non-hydrogen) atoms. The minimum absolute atomic E-state index is 0.326. The summed E-state index contributed by atoms with van der Waals surface area (Å²) in [7, 11) is 0. The van der Waals surface area contributed by atoms with E-state index in [1.807, 2.05) is 6.08 Å². The van der Waals surface area contributed by atoms with Crippen molar-refractivity contribution >= 4 is 6.21 Å². The number of rotatable bonds is 0. The van der Waals surface area contributed by atoms with Crippen LogP contribution in [0, 0.1) is 0 Å². The predicted octanol–water partition coefficient (Wildman–Crippen LogP) is 1.17. The first kappa shape index (κ1) is 6.40. The quantitative estimate of drug-likeness (QED) is 0.547. The van der Waals surface area contributed by atoms with Gasteiger partial charge in [-0.1, -0.05) is 18.2 Å². The Labute approximate surface area is 65.8 Å². The second-order valence-corrected chi connectivity index (χ2v) is 2.77. The van der Waals surface area contributed by atoms with E-state index >= 15 is 0 Å². The topological polar surface area (TPSA) is 38.4 Å². The Balaban J connectivity index is 2.35. The van der Waals surface area contributed by atoms with Gasteiger partial charge in [-0.2, -0.15) is 0 Å². The maximum Gasteiger partial charge on any atom is 0.0785 e. The molecule has 0 saturated carbocycles. The van der Waals surface area contributed by atoms with Gasteiger partial charge in [-0.05, 0) is 18.1 Å². The Kier molecular flexibility index (Phi) is 1.39. The van der Waals surface area contributed by atoms with Crippen molar-refractivity contribution in [1.29, 1.82) is 0 Å². The van der Waals surface area contributed by atoms with Crippen molar-refractivity contribution in [3.63, 3.8) is 0 Å². The molecule has 2 heteroatoms. The molecule has 2 nitrogen and oxygen atoms in total. The largest absolute Gasteiger partial charge is 0.397 e. The SMILES string of the molecule is NC1=CC2=CC=CCC2N=C1. The fourth-order valence-electron chi connectivity index (χ4n) is 1.33. The lowest BCUT2D eigenvalue weighted by Crippen LogP contribution is -2.16. The molecule has 1 atom stereocenters. The molecule has 0 spiro atoms. The summed E-state index contributed by atoms with van der Waals surface area (Å²) in [5.74, 6) is 0. The molecule has 0 aromatic carbocycles. The first-order valence-electron chi connectivity index (χ1n) is 3.73. The summed E-state index contributed by atoms with van der Waals surface area (Å²) in [6.45, 7) is 0. The fraction of sp³-hybridized carbons (Fsp3) is 0.222. The maximum atomic E-state index is 5.59. The number of dihydropyridines is 1. The second-order valence-electron chi connectivity index (χ2n) is 2.77. The van der Waals surface area contributed by atoms with E-state index < -0.39 is 0 Å². The van der Waals surface area contributed by atoms with Crippen LogP contribution >= 0.6 is 0 Å². The van der Waals surface area contributed by atoms with Gasteiger partial charge >= 0.3 is 0 Å². The number of nitrogens with two attached hydrogens (primary N) is 1. The molecule has 1 aliphatic heterocycles. The van der Waals surface area contributed by atoms with Crippen molar-refractivity contribution in [3.8, 4) is 0 Å². The summed E-state index contributed by atoms with van der Waals surface area (Å²) in [6.07, 6.45) is 11.0. The molecule has 2 N–H and O–H groups in total. The van der Waals surface area contributed by atoms with Crippen LogP contribution in [0.4, 0.5) is 0 Å². The molecule has 0 fully saturated rings. The van der Waals surface area contributed by atoms with Gasteiger partial charge in [-0.15, -0.1) is 0 Å². The second kappa shape index (κ2) is 2.38. The molecule has 0 aromatic rings. The number of allylic oxidation sites excluding steroid dienone is 3. The summed E-state index contributed by atoms with van der Waals surface area (Å²) in [6, 6.07) is 0.326. The summed E-state index contributed by atoms with van der Waals surface area (Å²) < 4.78 is 0. The number of fused-ring (bicyclic) bond motifs is 1. The van der Waals surface area contributed by atoms with Crippen LogP contribution in [0.1, 0.15) is 6.42 Å².